The van der Waals surface area contributed by atoms with Crippen molar-refractivity contribution in [1.82, 2.24) is 0 Å². The Balaban J connectivity index is 2.13. The van der Waals surface area contributed by atoms with Crippen molar-refractivity contribution in [2.45, 2.75) is 11.5 Å². The minimum atomic E-state index is -4.10. The fourth-order valence-corrected chi connectivity index (χ4v) is 2.35. The van der Waals surface area contributed by atoms with E-state index >= 15 is 0 Å². The lowest BCUT2D eigenvalue weighted by Gasteiger charge is -2.08. The van der Waals surface area contributed by atoms with Gasteiger partial charge >= 0.3 is 6.09 Å². The number of amides is 1. The van der Waals surface area contributed by atoms with Crippen LogP contribution in [0.1, 0.15) is 5.56 Å². The zero-order valence-corrected chi connectivity index (χ0v) is 13.0. The van der Waals surface area contributed by atoms with Crippen molar-refractivity contribution in [2.24, 2.45) is 5.14 Å². The van der Waals surface area contributed by atoms with E-state index in [9.17, 15) is 23.3 Å². The maximum Gasteiger partial charge on any atom is 0.412 e. The zero-order chi connectivity index (χ0) is 17.7. The van der Waals surface area contributed by atoms with Crippen molar-refractivity contribution in [2.75, 3.05) is 5.32 Å². The first-order chi connectivity index (χ1) is 11.3. The van der Waals surface area contributed by atoms with Gasteiger partial charge in [0.05, 0.1) is 9.82 Å². The van der Waals surface area contributed by atoms with Gasteiger partial charge in [0.15, 0.2) is 0 Å². The highest BCUT2D eigenvalue weighted by atomic mass is 32.2. The van der Waals surface area contributed by atoms with Crippen molar-refractivity contribution < 1.29 is 22.9 Å². The minimum absolute atomic E-state index is 0.0181. The largest absolute Gasteiger partial charge is 0.444 e. The molecule has 0 unspecified atom stereocenters. The average Bonchev–Trinajstić information content (AvgIpc) is 2.53. The highest BCUT2D eigenvalue weighted by molar-refractivity contribution is 7.89. The maximum atomic E-state index is 11.7. The molecular formula is C14H13N3O6S. The van der Waals surface area contributed by atoms with E-state index in [1.807, 2.05) is 0 Å². The van der Waals surface area contributed by atoms with E-state index in [0.29, 0.717) is 0 Å². The number of nitro benzene ring substituents is 1. The molecule has 0 saturated heterocycles. The fraction of sp³-hybridized carbons (Fsp3) is 0.0714. The van der Waals surface area contributed by atoms with Gasteiger partial charge in [-0.25, -0.2) is 18.4 Å². The van der Waals surface area contributed by atoms with Crippen LogP contribution in [0.4, 0.5) is 16.2 Å². The number of primary sulfonamides is 1. The number of nitrogens with one attached hydrogen (secondary N) is 1. The number of hydrogen-bond acceptors (Lipinski definition) is 6. The summed E-state index contributed by atoms with van der Waals surface area (Å²) in [5, 5.41) is 18.2. The molecule has 0 aliphatic heterocycles. The Kier molecular flexibility index (Phi) is 5.11. The predicted molar refractivity (Wildman–Crippen MR) is 84.7 cm³/mol. The molecule has 0 aliphatic carbocycles. The third kappa shape index (κ3) is 4.51. The molecule has 0 radical (unpaired) electrons. The molecule has 0 heterocycles. The van der Waals surface area contributed by atoms with Crippen LogP contribution < -0.4 is 10.5 Å². The van der Waals surface area contributed by atoms with E-state index in [-0.39, 0.29) is 12.3 Å². The number of sulfonamides is 1. The summed E-state index contributed by atoms with van der Waals surface area (Å²) >= 11 is 0. The van der Waals surface area contributed by atoms with Crippen molar-refractivity contribution in [3.05, 3.63) is 64.2 Å². The van der Waals surface area contributed by atoms with E-state index in [0.717, 1.165) is 23.8 Å². The summed E-state index contributed by atoms with van der Waals surface area (Å²) in [5.74, 6) is 0. The van der Waals surface area contributed by atoms with Crippen LogP contribution in [0.3, 0.4) is 0 Å². The van der Waals surface area contributed by atoms with Crippen LogP contribution in [-0.4, -0.2) is 19.4 Å². The lowest BCUT2D eigenvalue weighted by Crippen LogP contribution is -2.16. The monoisotopic (exact) mass is 351 g/mol. The van der Waals surface area contributed by atoms with Crippen LogP contribution in [0.25, 0.3) is 0 Å². The second-order valence-corrected chi connectivity index (χ2v) is 6.23. The molecule has 2 aromatic rings. The molecule has 0 saturated carbocycles. The average molecular weight is 351 g/mol. The van der Waals surface area contributed by atoms with Crippen LogP contribution in [0.15, 0.2) is 53.4 Å². The first kappa shape index (κ1) is 17.4. The van der Waals surface area contributed by atoms with Gasteiger partial charge in [-0.2, -0.15) is 0 Å². The van der Waals surface area contributed by atoms with Gasteiger partial charge in [0.2, 0.25) is 10.0 Å². The molecule has 9 nitrogen and oxygen atoms in total. The van der Waals surface area contributed by atoms with E-state index in [4.69, 9.17) is 9.88 Å². The van der Waals surface area contributed by atoms with Crippen molar-refractivity contribution in [3.63, 3.8) is 0 Å². The highest BCUT2D eigenvalue weighted by Crippen LogP contribution is 2.27. The number of nitrogens with zero attached hydrogens (tertiary/aromatic N) is 1. The van der Waals surface area contributed by atoms with Gasteiger partial charge in [-0.05, 0) is 17.7 Å². The maximum absolute atomic E-state index is 11.7. The Bertz CT molecular complexity index is 867. The normalized spacial score (nSPS) is 10.9. The number of carbonyl (C=O) groups is 1. The molecule has 2 rings (SSSR count). The molecule has 0 spiro atoms. The molecule has 126 valence electrons. The zero-order valence-electron chi connectivity index (χ0n) is 12.2. The summed E-state index contributed by atoms with van der Waals surface area (Å²) < 4.78 is 27.4. The molecule has 0 bridgehead atoms. The molecule has 0 aliphatic rings. The van der Waals surface area contributed by atoms with Gasteiger partial charge < -0.3 is 4.74 Å². The lowest BCUT2D eigenvalue weighted by atomic mass is 10.2. The lowest BCUT2D eigenvalue weighted by molar-refractivity contribution is -0.384. The molecular weight excluding hydrogens is 338 g/mol. The summed E-state index contributed by atoms with van der Waals surface area (Å²) in [7, 11) is -4.10. The topological polar surface area (TPSA) is 142 Å². The quantitative estimate of drug-likeness (QED) is 0.623. The summed E-state index contributed by atoms with van der Waals surface area (Å²) in [4.78, 5) is 21.5. The number of anilines is 1. The Labute approximate surface area is 137 Å². The third-order valence-corrected chi connectivity index (χ3v) is 3.85. The number of nitrogens with two attached hydrogens (primary N) is 1. The standard InChI is InChI=1S/C14H13N3O6S/c15-24(21,22)11-6-7-12(13(8-11)17(19)20)16-14(18)23-9-10-4-2-1-3-5-10/h1-8H,9H2,(H,16,18)(H2,15,21,22). The first-order valence-electron chi connectivity index (χ1n) is 6.56. The highest BCUT2D eigenvalue weighted by Gasteiger charge is 2.20. The number of hydrogen-bond donors (Lipinski definition) is 2. The smallest absolute Gasteiger partial charge is 0.412 e. The molecule has 2 aromatic carbocycles. The van der Waals surface area contributed by atoms with Gasteiger partial charge in [0.1, 0.15) is 12.3 Å². The second kappa shape index (κ2) is 7.06. The van der Waals surface area contributed by atoms with Crippen LogP contribution in [0.2, 0.25) is 0 Å². The van der Waals surface area contributed by atoms with E-state index < -0.39 is 31.6 Å². The van der Waals surface area contributed by atoms with Crippen LogP contribution in [0, 0.1) is 10.1 Å². The predicted octanol–water partition coefficient (Wildman–Crippen LogP) is 1.99. The SMILES string of the molecule is NS(=O)(=O)c1ccc(NC(=O)OCc2ccccc2)c([N+](=O)[O-])c1. The first-order valence-corrected chi connectivity index (χ1v) is 8.11. The summed E-state index contributed by atoms with van der Waals surface area (Å²) in [6, 6.07) is 11.7. The summed E-state index contributed by atoms with van der Waals surface area (Å²) in [6.45, 7) is -0.0181. The molecule has 0 fully saturated rings. The molecule has 1 amide bonds. The Morgan fingerprint density at radius 1 is 1.21 bits per heavy atom. The van der Waals surface area contributed by atoms with Crippen LogP contribution in [-0.2, 0) is 21.4 Å². The second-order valence-electron chi connectivity index (χ2n) is 4.67. The Morgan fingerprint density at radius 3 is 2.46 bits per heavy atom. The fourth-order valence-electron chi connectivity index (χ4n) is 1.81. The van der Waals surface area contributed by atoms with Crippen molar-refractivity contribution in [1.29, 1.82) is 0 Å². The van der Waals surface area contributed by atoms with E-state index in [2.05, 4.69) is 5.32 Å². The van der Waals surface area contributed by atoms with Crippen LogP contribution >= 0.6 is 0 Å². The molecule has 0 atom stereocenters. The number of carbonyl (C=O) groups excluding carboxylic acids is 1. The van der Waals surface area contributed by atoms with Crippen LogP contribution in [0.5, 0.6) is 0 Å². The molecule has 0 aromatic heterocycles. The Hall–Kier alpha value is -2.98. The van der Waals surface area contributed by atoms with E-state index in [1.54, 1.807) is 30.3 Å². The third-order valence-electron chi connectivity index (χ3n) is 2.94. The number of rotatable bonds is 5. The van der Waals surface area contributed by atoms with Gasteiger partial charge in [0, 0.05) is 6.07 Å². The van der Waals surface area contributed by atoms with E-state index in [1.165, 1.54) is 0 Å². The van der Waals surface area contributed by atoms with Gasteiger partial charge in [-0.15, -0.1) is 0 Å². The summed E-state index contributed by atoms with van der Waals surface area (Å²) in [6.07, 6.45) is -0.912. The van der Waals surface area contributed by atoms with Gasteiger partial charge in [0.25, 0.3) is 5.69 Å². The molecule has 10 heteroatoms. The number of ether oxygens (including phenoxy) is 1. The van der Waals surface area contributed by atoms with Gasteiger partial charge in [-0.1, -0.05) is 30.3 Å². The minimum Gasteiger partial charge on any atom is -0.444 e. The Morgan fingerprint density at radius 2 is 1.88 bits per heavy atom. The van der Waals surface area contributed by atoms with Crippen molar-refractivity contribution >= 4 is 27.5 Å². The molecule has 3 N–H and O–H groups in total. The molecule has 24 heavy (non-hydrogen) atoms. The van der Waals surface area contributed by atoms with Crippen molar-refractivity contribution in [3.8, 4) is 0 Å². The number of nitro groups is 1. The number of benzene rings is 2. The summed E-state index contributed by atoms with van der Waals surface area (Å²) in [5.41, 5.74) is -0.0737. The van der Waals surface area contributed by atoms with Gasteiger partial charge in [-0.3, -0.25) is 15.4 Å².